The van der Waals surface area contributed by atoms with Crippen LogP contribution in [0.5, 0.6) is 0 Å². The van der Waals surface area contributed by atoms with Crippen molar-refractivity contribution in [1.29, 1.82) is 0 Å². The van der Waals surface area contributed by atoms with E-state index in [4.69, 9.17) is 0 Å². The van der Waals surface area contributed by atoms with Gasteiger partial charge in [0.15, 0.2) is 0 Å². The molecule has 0 aliphatic heterocycles. The van der Waals surface area contributed by atoms with Gasteiger partial charge in [-0.15, -0.1) is 0 Å². The van der Waals surface area contributed by atoms with Gasteiger partial charge in [-0.25, -0.2) is 0 Å². The second-order valence-electron chi connectivity index (χ2n) is 6.19. The van der Waals surface area contributed by atoms with Crippen LogP contribution in [0, 0.1) is 5.92 Å². The molecule has 3 atom stereocenters. The summed E-state index contributed by atoms with van der Waals surface area (Å²) in [7, 11) is 2.10. The minimum Gasteiger partial charge on any atom is -0.313 e. The first-order valence-electron chi connectivity index (χ1n) is 8.13. The number of benzene rings is 2. The van der Waals surface area contributed by atoms with E-state index in [0.29, 0.717) is 17.9 Å². The second-order valence-corrected chi connectivity index (χ2v) is 6.19. The summed E-state index contributed by atoms with van der Waals surface area (Å²) in [5.41, 5.74) is 4.53. The van der Waals surface area contributed by atoms with Gasteiger partial charge in [0.25, 0.3) is 0 Å². The monoisotopic (exact) mass is 279 g/mol. The molecule has 3 rings (SSSR count). The second kappa shape index (κ2) is 6.44. The minimum atomic E-state index is 0.476. The van der Waals surface area contributed by atoms with Gasteiger partial charge >= 0.3 is 0 Å². The summed E-state index contributed by atoms with van der Waals surface area (Å²) in [4.78, 5) is 0. The zero-order valence-electron chi connectivity index (χ0n) is 13.0. The predicted octanol–water partition coefficient (Wildman–Crippen LogP) is 4.70. The lowest BCUT2D eigenvalue weighted by molar-refractivity contribution is 0.300. The molecule has 0 heterocycles. The Kier molecular flexibility index (Phi) is 4.40. The van der Waals surface area contributed by atoms with Crippen molar-refractivity contribution in [1.82, 2.24) is 5.32 Å². The zero-order chi connectivity index (χ0) is 14.7. The Labute approximate surface area is 128 Å². The van der Waals surface area contributed by atoms with Crippen molar-refractivity contribution in [2.75, 3.05) is 7.05 Å². The summed E-state index contributed by atoms with van der Waals surface area (Å²) in [6.07, 6.45) is 3.68. The van der Waals surface area contributed by atoms with Gasteiger partial charge in [0.2, 0.25) is 0 Å². The van der Waals surface area contributed by atoms with Gasteiger partial charge in [0.1, 0.15) is 0 Å². The van der Waals surface area contributed by atoms with Crippen molar-refractivity contribution in [2.24, 2.45) is 5.92 Å². The number of rotatable bonds is 4. The molecule has 110 valence electrons. The van der Waals surface area contributed by atoms with Gasteiger partial charge in [-0.1, -0.05) is 61.5 Å². The molecule has 0 amide bonds. The lowest BCUT2D eigenvalue weighted by atomic mass is 9.71. The highest BCUT2D eigenvalue weighted by Gasteiger charge is 2.32. The molecule has 2 aromatic carbocycles. The van der Waals surface area contributed by atoms with Gasteiger partial charge in [0, 0.05) is 6.04 Å². The molecule has 1 nitrogen and oxygen atoms in total. The Hall–Kier alpha value is -1.60. The molecule has 0 bridgehead atoms. The SMILES string of the molecule is CCC1CC(Cc2ccccc2)C(NC)c2ccccc21. The zero-order valence-corrected chi connectivity index (χ0v) is 13.0. The number of hydrogen-bond acceptors (Lipinski definition) is 1. The molecule has 21 heavy (non-hydrogen) atoms. The summed E-state index contributed by atoms with van der Waals surface area (Å²) in [5.74, 6) is 1.39. The quantitative estimate of drug-likeness (QED) is 0.855. The molecule has 1 N–H and O–H groups in total. The van der Waals surface area contributed by atoms with E-state index >= 15 is 0 Å². The average molecular weight is 279 g/mol. The Morgan fingerprint density at radius 2 is 1.62 bits per heavy atom. The first-order chi connectivity index (χ1) is 10.3. The number of fused-ring (bicyclic) bond motifs is 1. The average Bonchev–Trinajstić information content (AvgIpc) is 2.55. The molecule has 1 aliphatic carbocycles. The van der Waals surface area contributed by atoms with Gasteiger partial charge in [0.05, 0.1) is 0 Å². The van der Waals surface area contributed by atoms with E-state index in [1.165, 1.54) is 24.0 Å². The van der Waals surface area contributed by atoms with Crippen LogP contribution in [0.1, 0.15) is 48.4 Å². The molecule has 0 saturated heterocycles. The highest BCUT2D eigenvalue weighted by atomic mass is 14.9. The molecule has 0 saturated carbocycles. The molecular formula is C20H25N. The van der Waals surface area contributed by atoms with Crippen LogP contribution in [-0.2, 0) is 6.42 Å². The number of hydrogen-bond donors (Lipinski definition) is 1. The van der Waals surface area contributed by atoms with Crippen LogP contribution in [0.3, 0.4) is 0 Å². The highest BCUT2D eigenvalue weighted by molar-refractivity contribution is 5.36. The Bertz CT molecular complexity index is 575. The normalized spacial score (nSPS) is 24.6. The van der Waals surface area contributed by atoms with Crippen LogP contribution in [0.15, 0.2) is 54.6 Å². The lowest BCUT2D eigenvalue weighted by Gasteiger charge is -2.38. The van der Waals surface area contributed by atoms with Crippen LogP contribution in [0.2, 0.25) is 0 Å². The molecule has 3 unspecified atom stereocenters. The van der Waals surface area contributed by atoms with E-state index in [0.717, 1.165) is 6.42 Å². The highest BCUT2D eigenvalue weighted by Crippen LogP contribution is 2.43. The van der Waals surface area contributed by atoms with Crippen molar-refractivity contribution in [3.63, 3.8) is 0 Å². The standard InChI is InChI=1S/C20H25N/c1-3-16-14-17(13-15-9-5-4-6-10-15)20(21-2)19-12-8-7-11-18(16)19/h4-12,16-17,20-21H,3,13-14H2,1-2H3. The van der Waals surface area contributed by atoms with Crippen LogP contribution in [0.25, 0.3) is 0 Å². The third-order valence-electron chi connectivity index (χ3n) is 4.97. The summed E-state index contributed by atoms with van der Waals surface area (Å²) >= 11 is 0. The van der Waals surface area contributed by atoms with Gasteiger partial charge in [-0.05, 0) is 54.8 Å². The minimum absolute atomic E-state index is 0.476. The van der Waals surface area contributed by atoms with Gasteiger partial charge < -0.3 is 5.32 Å². The van der Waals surface area contributed by atoms with Crippen LogP contribution in [-0.4, -0.2) is 7.05 Å². The Morgan fingerprint density at radius 1 is 0.952 bits per heavy atom. The molecule has 1 aliphatic rings. The molecule has 1 heteroatoms. The smallest absolute Gasteiger partial charge is 0.0352 e. The lowest BCUT2D eigenvalue weighted by Crippen LogP contribution is -2.33. The largest absolute Gasteiger partial charge is 0.313 e. The third-order valence-corrected chi connectivity index (χ3v) is 4.97. The predicted molar refractivity (Wildman–Crippen MR) is 89.5 cm³/mol. The van der Waals surface area contributed by atoms with Crippen molar-refractivity contribution >= 4 is 0 Å². The Balaban J connectivity index is 1.91. The van der Waals surface area contributed by atoms with Gasteiger partial charge in [-0.3, -0.25) is 0 Å². The summed E-state index contributed by atoms with van der Waals surface area (Å²) in [6, 6.07) is 20.4. The van der Waals surface area contributed by atoms with E-state index in [-0.39, 0.29) is 0 Å². The molecular weight excluding hydrogens is 254 g/mol. The summed E-state index contributed by atoms with van der Waals surface area (Å²) < 4.78 is 0. The molecule has 0 spiro atoms. The van der Waals surface area contributed by atoms with E-state index in [1.807, 2.05) is 0 Å². The number of nitrogens with one attached hydrogen (secondary N) is 1. The van der Waals surface area contributed by atoms with Crippen LogP contribution >= 0.6 is 0 Å². The maximum absolute atomic E-state index is 3.58. The Morgan fingerprint density at radius 3 is 2.29 bits per heavy atom. The van der Waals surface area contributed by atoms with E-state index in [2.05, 4.69) is 73.9 Å². The van der Waals surface area contributed by atoms with E-state index < -0.39 is 0 Å². The third kappa shape index (κ3) is 2.89. The van der Waals surface area contributed by atoms with Crippen molar-refractivity contribution in [3.8, 4) is 0 Å². The van der Waals surface area contributed by atoms with Crippen molar-refractivity contribution in [3.05, 3.63) is 71.3 Å². The maximum atomic E-state index is 3.58. The van der Waals surface area contributed by atoms with E-state index in [9.17, 15) is 0 Å². The first kappa shape index (κ1) is 14.3. The summed E-state index contributed by atoms with van der Waals surface area (Å²) in [5, 5.41) is 3.58. The van der Waals surface area contributed by atoms with Crippen molar-refractivity contribution in [2.45, 2.75) is 38.1 Å². The summed E-state index contributed by atoms with van der Waals surface area (Å²) in [6.45, 7) is 2.32. The molecule has 0 aromatic heterocycles. The fourth-order valence-corrected chi connectivity index (χ4v) is 3.94. The van der Waals surface area contributed by atoms with Crippen LogP contribution in [0.4, 0.5) is 0 Å². The fraction of sp³-hybridized carbons (Fsp3) is 0.400. The molecule has 0 radical (unpaired) electrons. The van der Waals surface area contributed by atoms with Crippen LogP contribution < -0.4 is 5.32 Å². The molecule has 2 aromatic rings. The fourth-order valence-electron chi connectivity index (χ4n) is 3.94. The maximum Gasteiger partial charge on any atom is 0.0352 e. The molecule has 0 fully saturated rings. The first-order valence-corrected chi connectivity index (χ1v) is 8.13. The van der Waals surface area contributed by atoms with Crippen molar-refractivity contribution < 1.29 is 0 Å². The topological polar surface area (TPSA) is 12.0 Å². The van der Waals surface area contributed by atoms with Gasteiger partial charge in [-0.2, -0.15) is 0 Å². The van der Waals surface area contributed by atoms with E-state index in [1.54, 1.807) is 5.56 Å².